The van der Waals surface area contributed by atoms with Crippen LogP contribution in [0.3, 0.4) is 0 Å². The van der Waals surface area contributed by atoms with Gasteiger partial charge in [0.15, 0.2) is 0 Å². The Morgan fingerprint density at radius 3 is 2.29 bits per heavy atom. The topological polar surface area (TPSA) is 44.5 Å². The van der Waals surface area contributed by atoms with Crippen molar-refractivity contribution in [1.29, 1.82) is 0 Å². The fourth-order valence-corrected chi connectivity index (χ4v) is 13.9. The molecular weight excluding hydrogens is 305 g/mol. The first-order valence-corrected chi connectivity index (χ1v) is 12.6. The van der Waals surface area contributed by atoms with Gasteiger partial charge in [-0.3, -0.25) is 0 Å². The van der Waals surface area contributed by atoms with Crippen LogP contribution in [0.1, 0.15) is 20.3 Å². The maximum atomic E-state index is 5.75. The van der Waals surface area contributed by atoms with E-state index in [1.165, 1.54) is 0 Å². The molecule has 0 spiro atoms. The Balaban J connectivity index is 4.07. The second-order valence-corrected chi connectivity index (χ2v) is 16.2. The molecule has 0 aromatic carbocycles. The van der Waals surface area contributed by atoms with Crippen LogP contribution in [0.4, 0.5) is 0 Å². The van der Waals surface area contributed by atoms with Gasteiger partial charge in [0.1, 0.15) is 0 Å². The Kier molecular flexibility index (Phi) is 8.82. The third-order valence-corrected chi connectivity index (χ3v) is 16.1. The molecule has 0 aliphatic heterocycles. The van der Waals surface area contributed by atoms with Crippen LogP contribution in [0, 0.1) is 0 Å². The van der Waals surface area contributed by atoms with E-state index in [2.05, 4.69) is 6.92 Å². The standard InChI is InChI=1S/C4H10N.C3H7S.2CH3O.Sn/c1-3-4(2)5;1-3-4-2;2*1-2;/h4H,1,3,5H2,2H3;2-3H2,1H3;2*1H3;/q;;2*-1;+2. The summed E-state index contributed by atoms with van der Waals surface area (Å²) in [5.74, 6) is 1.13. The van der Waals surface area contributed by atoms with Gasteiger partial charge in [-0.2, -0.15) is 0 Å². The molecule has 0 radical (unpaired) electrons. The van der Waals surface area contributed by atoms with E-state index in [0.29, 0.717) is 0 Å². The first kappa shape index (κ1) is 15.0. The molecule has 0 saturated carbocycles. The van der Waals surface area contributed by atoms with Crippen molar-refractivity contribution in [3.63, 3.8) is 0 Å². The first-order chi connectivity index (χ1) is 6.60. The van der Waals surface area contributed by atoms with Crippen LogP contribution in [0.15, 0.2) is 0 Å². The molecule has 2 N–H and O–H groups in total. The molecular formula is C9H23NO2SSn. The molecule has 0 saturated heterocycles. The Morgan fingerprint density at radius 1 is 1.36 bits per heavy atom. The molecule has 1 unspecified atom stereocenters. The number of hydrogen-bond donors (Lipinski definition) is 1. The summed E-state index contributed by atoms with van der Waals surface area (Å²) in [5.41, 5.74) is 5.75. The van der Waals surface area contributed by atoms with Crippen LogP contribution >= 0.6 is 11.8 Å². The summed E-state index contributed by atoms with van der Waals surface area (Å²) < 4.78 is 13.4. The second kappa shape index (κ2) is 8.21. The van der Waals surface area contributed by atoms with E-state index in [9.17, 15) is 0 Å². The van der Waals surface area contributed by atoms with Gasteiger partial charge >= 0.3 is 97.3 Å². The Bertz CT molecular complexity index is 143. The van der Waals surface area contributed by atoms with Crippen molar-refractivity contribution in [3.05, 3.63) is 0 Å². The summed E-state index contributed by atoms with van der Waals surface area (Å²) in [6.45, 7) is 4.20. The number of thioether (sulfide) groups is 1. The Hall–Kier alpha value is 1.03. The van der Waals surface area contributed by atoms with Gasteiger partial charge in [-0.05, 0) is 0 Å². The molecule has 0 aliphatic carbocycles. The van der Waals surface area contributed by atoms with Crippen molar-refractivity contribution in [2.75, 3.05) is 23.7 Å². The average molecular weight is 328 g/mol. The molecule has 0 aromatic rings. The molecule has 86 valence electrons. The summed E-state index contributed by atoms with van der Waals surface area (Å²) in [5, 5.41) is 0. The molecule has 0 fully saturated rings. The summed E-state index contributed by atoms with van der Waals surface area (Å²) in [4.78, 5) is 0. The monoisotopic (exact) mass is 329 g/mol. The van der Waals surface area contributed by atoms with Gasteiger partial charge in [-0.25, -0.2) is 0 Å². The molecule has 0 bridgehead atoms. The summed E-state index contributed by atoms with van der Waals surface area (Å²) in [7, 11) is 3.58. The molecule has 14 heavy (non-hydrogen) atoms. The summed E-state index contributed by atoms with van der Waals surface area (Å²) in [6.07, 6.45) is 1.02. The van der Waals surface area contributed by atoms with Crippen LogP contribution in [-0.2, 0) is 6.15 Å². The van der Waals surface area contributed by atoms with Gasteiger partial charge in [-0.15, -0.1) is 0 Å². The van der Waals surface area contributed by atoms with Crippen LogP contribution in [-0.4, -0.2) is 49.0 Å². The molecule has 3 nitrogen and oxygen atoms in total. The van der Waals surface area contributed by atoms with E-state index in [4.69, 9.17) is 11.9 Å². The third kappa shape index (κ3) is 5.80. The minimum absolute atomic E-state index is 0.253. The van der Waals surface area contributed by atoms with Gasteiger partial charge in [0.25, 0.3) is 0 Å². The molecule has 0 rings (SSSR count). The number of hydrogen-bond acceptors (Lipinski definition) is 4. The fourth-order valence-electron chi connectivity index (χ4n) is 1.18. The SMILES string of the molecule is CCS[CH2][Sn]([CH2]CC(C)N)([O]C)[O]C. The number of rotatable bonds is 8. The van der Waals surface area contributed by atoms with Crippen molar-refractivity contribution in [3.8, 4) is 0 Å². The van der Waals surface area contributed by atoms with Crippen molar-refractivity contribution in [2.45, 2.75) is 30.7 Å². The summed E-state index contributed by atoms with van der Waals surface area (Å²) >= 11 is -0.791. The van der Waals surface area contributed by atoms with Crippen LogP contribution in [0.2, 0.25) is 4.44 Å². The average Bonchev–Trinajstić information content (AvgIpc) is 2.19. The molecule has 0 aliphatic rings. The second-order valence-electron chi connectivity index (χ2n) is 3.47. The molecule has 0 amide bonds. The van der Waals surface area contributed by atoms with Gasteiger partial charge in [0, 0.05) is 0 Å². The Labute approximate surface area is 97.1 Å². The van der Waals surface area contributed by atoms with Gasteiger partial charge < -0.3 is 0 Å². The van der Waals surface area contributed by atoms with Crippen molar-refractivity contribution in [1.82, 2.24) is 0 Å². The van der Waals surface area contributed by atoms with Crippen LogP contribution in [0.25, 0.3) is 0 Å². The van der Waals surface area contributed by atoms with Crippen molar-refractivity contribution < 1.29 is 6.15 Å². The summed E-state index contributed by atoms with van der Waals surface area (Å²) in [6, 6.07) is 0.253. The van der Waals surface area contributed by atoms with E-state index in [1.807, 2.05) is 18.7 Å². The molecule has 0 aromatic heterocycles. The minimum atomic E-state index is -2.71. The van der Waals surface area contributed by atoms with Crippen LogP contribution < -0.4 is 5.73 Å². The van der Waals surface area contributed by atoms with E-state index < -0.39 is 19.2 Å². The number of nitrogens with two attached hydrogens (primary N) is 1. The third-order valence-electron chi connectivity index (χ3n) is 2.25. The fraction of sp³-hybridized carbons (Fsp3) is 1.00. The maximum absolute atomic E-state index is 5.75. The normalized spacial score (nSPS) is 14.4. The zero-order valence-electron chi connectivity index (χ0n) is 9.71. The van der Waals surface area contributed by atoms with Gasteiger partial charge in [-0.1, -0.05) is 0 Å². The van der Waals surface area contributed by atoms with Crippen LogP contribution in [0.5, 0.6) is 0 Å². The van der Waals surface area contributed by atoms with Gasteiger partial charge in [0.05, 0.1) is 0 Å². The van der Waals surface area contributed by atoms with E-state index >= 15 is 0 Å². The van der Waals surface area contributed by atoms with Crippen molar-refractivity contribution in [2.24, 2.45) is 5.73 Å². The predicted molar refractivity (Wildman–Crippen MR) is 65.8 cm³/mol. The predicted octanol–water partition coefficient (Wildman–Crippen LogP) is 1.75. The molecule has 5 heteroatoms. The van der Waals surface area contributed by atoms with Gasteiger partial charge in [0.2, 0.25) is 0 Å². The first-order valence-electron chi connectivity index (χ1n) is 5.04. The van der Waals surface area contributed by atoms with E-state index in [1.54, 1.807) is 14.2 Å². The quantitative estimate of drug-likeness (QED) is 0.690. The van der Waals surface area contributed by atoms with E-state index in [0.717, 1.165) is 20.4 Å². The van der Waals surface area contributed by atoms with Crippen molar-refractivity contribution >= 4 is 31.0 Å². The Morgan fingerprint density at radius 2 is 1.93 bits per heavy atom. The molecule has 1 atom stereocenters. The van der Waals surface area contributed by atoms with E-state index in [-0.39, 0.29) is 6.04 Å². The molecule has 0 heterocycles. The zero-order valence-corrected chi connectivity index (χ0v) is 13.4. The zero-order chi connectivity index (χ0) is 11.0.